The van der Waals surface area contributed by atoms with Crippen molar-refractivity contribution < 1.29 is 4.79 Å². The van der Waals surface area contributed by atoms with E-state index in [1.54, 1.807) is 0 Å². The van der Waals surface area contributed by atoms with Crippen LogP contribution in [0.2, 0.25) is 0 Å². The Morgan fingerprint density at radius 1 is 1.20 bits per heavy atom. The van der Waals surface area contributed by atoms with Gasteiger partial charge in [0.05, 0.1) is 0 Å². The van der Waals surface area contributed by atoms with Crippen LogP contribution in [0.25, 0.3) is 0 Å². The summed E-state index contributed by atoms with van der Waals surface area (Å²) in [6, 6.07) is 10.7. The van der Waals surface area contributed by atoms with E-state index in [1.165, 1.54) is 0 Å². The number of carbonyl (C=O) groups excluding carboxylic acids is 1. The fourth-order valence-corrected chi connectivity index (χ4v) is 3.02. The Morgan fingerprint density at radius 3 is 2.30 bits per heavy atom. The molecule has 1 heterocycles. The van der Waals surface area contributed by atoms with Gasteiger partial charge in [0.1, 0.15) is 0 Å². The van der Waals surface area contributed by atoms with E-state index >= 15 is 0 Å². The van der Waals surface area contributed by atoms with Gasteiger partial charge in [-0.15, -0.1) is 0 Å². The Bertz CT molecular complexity index is 434. The quantitative estimate of drug-likeness (QED) is 0.788. The molecular formula is C17H26N2O. The Kier molecular flexibility index (Phi) is 4.95. The molecule has 3 heteroatoms. The maximum Gasteiger partial charge on any atom is 0.166 e. The molecule has 3 nitrogen and oxygen atoms in total. The molecule has 3 atom stereocenters. The van der Waals surface area contributed by atoms with Crippen molar-refractivity contribution >= 4 is 5.78 Å². The third kappa shape index (κ3) is 3.47. The van der Waals surface area contributed by atoms with E-state index in [4.69, 9.17) is 0 Å². The molecular weight excluding hydrogens is 248 g/mol. The van der Waals surface area contributed by atoms with Gasteiger partial charge in [-0.1, -0.05) is 37.3 Å². The van der Waals surface area contributed by atoms with Crippen molar-refractivity contribution in [1.82, 2.24) is 9.80 Å². The second-order valence-corrected chi connectivity index (χ2v) is 6.21. The zero-order valence-corrected chi connectivity index (χ0v) is 13.0. The van der Waals surface area contributed by atoms with E-state index < -0.39 is 0 Å². The summed E-state index contributed by atoms with van der Waals surface area (Å²) in [6.07, 6.45) is 0. The van der Waals surface area contributed by atoms with E-state index in [1.807, 2.05) is 37.3 Å². The fourth-order valence-electron chi connectivity index (χ4n) is 3.02. The van der Waals surface area contributed by atoms with E-state index in [9.17, 15) is 4.79 Å². The molecule has 1 aliphatic rings. The molecule has 0 amide bonds. The molecule has 110 valence electrons. The lowest BCUT2D eigenvalue weighted by Crippen LogP contribution is -2.55. The topological polar surface area (TPSA) is 23.6 Å². The normalized spacial score (nSPS) is 26.4. The van der Waals surface area contributed by atoms with Crippen LogP contribution in [0.5, 0.6) is 0 Å². The molecule has 0 spiro atoms. The lowest BCUT2D eigenvalue weighted by Gasteiger charge is -2.43. The van der Waals surface area contributed by atoms with Crippen LogP contribution in [0.4, 0.5) is 0 Å². The van der Waals surface area contributed by atoms with Crippen molar-refractivity contribution in [1.29, 1.82) is 0 Å². The number of rotatable bonds is 4. The highest BCUT2D eigenvalue weighted by molar-refractivity contribution is 5.97. The van der Waals surface area contributed by atoms with Gasteiger partial charge in [-0.05, 0) is 20.9 Å². The molecule has 0 saturated carbocycles. The first-order valence-electron chi connectivity index (χ1n) is 7.52. The number of hydrogen-bond donors (Lipinski definition) is 0. The Labute approximate surface area is 122 Å². The number of benzene rings is 1. The summed E-state index contributed by atoms with van der Waals surface area (Å²) in [6.45, 7) is 9.51. The van der Waals surface area contributed by atoms with Gasteiger partial charge in [-0.25, -0.2) is 0 Å². The second kappa shape index (κ2) is 6.51. The maximum atomic E-state index is 12.4. The zero-order chi connectivity index (χ0) is 14.7. The first-order chi connectivity index (χ1) is 9.49. The first kappa shape index (κ1) is 15.2. The van der Waals surface area contributed by atoms with Crippen LogP contribution >= 0.6 is 0 Å². The van der Waals surface area contributed by atoms with E-state index in [0.717, 1.165) is 25.2 Å². The van der Waals surface area contributed by atoms with Crippen molar-refractivity contribution in [2.24, 2.45) is 5.92 Å². The Morgan fingerprint density at radius 2 is 1.75 bits per heavy atom. The van der Waals surface area contributed by atoms with Gasteiger partial charge in [-0.3, -0.25) is 14.6 Å². The largest absolute Gasteiger partial charge is 0.300 e. The standard InChI is InChI=1S/C17H26N2O/c1-13(17(20)16-8-6-5-7-9-16)10-19-11-14(2)18(4)15(3)12-19/h5-9,13-15H,10-12H2,1-4H3. The highest BCUT2D eigenvalue weighted by atomic mass is 16.1. The number of likely N-dealkylation sites (N-methyl/N-ethyl adjacent to an activating group) is 1. The summed E-state index contributed by atoms with van der Waals surface area (Å²) in [5, 5.41) is 0. The van der Waals surface area contributed by atoms with E-state index in [2.05, 4.69) is 30.7 Å². The maximum absolute atomic E-state index is 12.4. The number of hydrogen-bond acceptors (Lipinski definition) is 3. The third-order valence-electron chi connectivity index (χ3n) is 4.47. The summed E-state index contributed by atoms with van der Waals surface area (Å²) in [5.41, 5.74) is 0.829. The smallest absolute Gasteiger partial charge is 0.166 e. The summed E-state index contributed by atoms with van der Waals surface area (Å²) in [5.74, 6) is 0.310. The van der Waals surface area contributed by atoms with Crippen LogP contribution < -0.4 is 0 Å². The van der Waals surface area contributed by atoms with Gasteiger partial charge in [0.15, 0.2) is 5.78 Å². The van der Waals surface area contributed by atoms with Gasteiger partial charge < -0.3 is 0 Å². The van der Waals surface area contributed by atoms with E-state index in [-0.39, 0.29) is 11.7 Å². The van der Waals surface area contributed by atoms with Crippen LogP contribution in [-0.4, -0.2) is 54.3 Å². The summed E-state index contributed by atoms with van der Waals surface area (Å²) in [4.78, 5) is 17.3. The highest BCUT2D eigenvalue weighted by Gasteiger charge is 2.28. The summed E-state index contributed by atoms with van der Waals surface area (Å²) in [7, 11) is 2.19. The van der Waals surface area contributed by atoms with Crippen LogP contribution in [0, 0.1) is 5.92 Å². The van der Waals surface area contributed by atoms with Crippen LogP contribution in [0.3, 0.4) is 0 Å². The number of Topliss-reactive ketones (excluding diaryl/α,β-unsaturated/α-hetero) is 1. The number of nitrogens with zero attached hydrogens (tertiary/aromatic N) is 2. The SMILES string of the molecule is CC(CN1CC(C)N(C)C(C)C1)C(=O)c1ccccc1. The minimum Gasteiger partial charge on any atom is -0.300 e. The van der Waals surface area contributed by atoms with Gasteiger partial charge in [0, 0.05) is 43.2 Å². The lowest BCUT2D eigenvalue weighted by molar-refractivity contribution is 0.0494. The number of piperazine rings is 1. The fraction of sp³-hybridized carbons (Fsp3) is 0.588. The minimum atomic E-state index is 0.0557. The molecule has 0 N–H and O–H groups in total. The monoisotopic (exact) mass is 274 g/mol. The first-order valence-corrected chi connectivity index (χ1v) is 7.52. The molecule has 3 unspecified atom stereocenters. The molecule has 0 bridgehead atoms. The molecule has 0 radical (unpaired) electrons. The van der Waals surface area contributed by atoms with Crippen molar-refractivity contribution in [2.45, 2.75) is 32.9 Å². The van der Waals surface area contributed by atoms with Crippen LogP contribution in [0.15, 0.2) is 30.3 Å². The highest BCUT2D eigenvalue weighted by Crippen LogP contribution is 2.16. The van der Waals surface area contributed by atoms with Crippen LogP contribution in [0.1, 0.15) is 31.1 Å². The molecule has 1 saturated heterocycles. The zero-order valence-electron chi connectivity index (χ0n) is 13.0. The average Bonchev–Trinajstić information content (AvgIpc) is 2.44. The molecule has 1 aromatic rings. The van der Waals surface area contributed by atoms with Gasteiger partial charge in [0.25, 0.3) is 0 Å². The van der Waals surface area contributed by atoms with Crippen molar-refractivity contribution in [3.8, 4) is 0 Å². The molecule has 1 aliphatic heterocycles. The van der Waals surface area contributed by atoms with Crippen LogP contribution in [-0.2, 0) is 0 Å². The molecule has 0 aromatic heterocycles. The van der Waals surface area contributed by atoms with E-state index in [0.29, 0.717) is 12.1 Å². The summed E-state index contributed by atoms with van der Waals surface area (Å²) < 4.78 is 0. The third-order valence-corrected chi connectivity index (χ3v) is 4.47. The van der Waals surface area contributed by atoms with Gasteiger partial charge >= 0.3 is 0 Å². The summed E-state index contributed by atoms with van der Waals surface area (Å²) >= 11 is 0. The molecule has 20 heavy (non-hydrogen) atoms. The molecule has 0 aliphatic carbocycles. The lowest BCUT2D eigenvalue weighted by atomic mass is 9.97. The van der Waals surface area contributed by atoms with Crippen molar-refractivity contribution in [3.05, 3.63) is 35.9 Å². The number of carbonyl (C=O) groups is 1. The van der Waals surface area contributed by atoms with Crippen molar-refractivity contribution in [2.75, 3.05) is 26.7 Å². The average molecular weight is 274 g/mol. The minimum absolute atomic E-state index is 0.0557. The van der Waals surface area contributed by atoms with Gasteiger partial charge in [-0.2, -0.15) is 0 Å². The predicted octanol–water partition coefficient (Wildman–Crippen LogP) is 2.53. The Hall–Kier alpha value is -1.19. The van der Waals surface area contributed by atoms with Crippen molar-refractivity contribution in [3.63, 3.8) is 0 Å². The second-order valence-electron chi connectivity index (χ2n) is 6.21. The van der Waals surface area contributed by atoms with Gasteiger partial charge in [0.2, 0.25) is 0 Å². The number of ketones is 1. The molecule has 1 fully saturated rings. The Balaban J connectivity index is 1.95. The molecule has 1 aromatic carbocycles. The molecule has 2 rings (SSSR count). The predicted molar refractivity (Wildman–Crippen MR) is 83.1 cm³/mol.